The summed E-state index contributed by atoms with van der Waals surface area (Å²) in [5, 5.41) is 6.60. The van der Waals surface area contributed by atoms with Crippen LogP contribution in [0, 0.1) is 6.92 Å². The van der Waals surface area contributed by atoms with Crippen molar-refractivity contribution >= 4 is 5.91 Å². The van der Waals surface area contributed by atoms with Gasteiger partial charge in [-0.2, -0.15) is 0 Å². The SMILES string of the molecule is CCc1ccc(C(C)NC(=O)c2cc(C)no2)cc1. The first kappa shape index (κ1) is 13.3. The molecule has 0 saturated heterocycles. The van der Waals surface area contributed by atoms with E-state index in [1.54, 1.807) is 13.0 Å². The maximum Gasteiger partial charge on any atom is 0.290 e. The standard InChI is InChI=1S/C15H18N2O2/c1-4-12-5-7-13(8-6-12)11(3)16-15(18)14-9-10(2)17-19-14/h5-9,11H,4H2,1-3H3,(H,16,18). The van der Waals surface area contributed by atoms with Gasteiger partial charge in [-0.1, -0.05) is 36.3 Å². The lowest BCUT2D eigenvalue weighted by atomic mass is 10.0. The zero-order valence-electron chi connectivity index (χ0n) is 11.4. The van der Waals surface area contributed by atoms with Crippen LogP contribution >= 0.6 is 0 Å². The monoisotopic (exact) mass is 258 g/mol. The first-order valence-corrected chi connectivity index (χ1v) is 6.43. The highest BCUT2D eigenvalue weighted by atomic mass is 16.5. The molecule has 0 aliphatic rings. The first-order valence-electron chi connectivity index (χ1n) is 6.43. The van der Waals surface area contributed by atoms with Crippen LogP contribution in [0.1, 0.15) is 47.3 Å². The highest BCUT2D eigenvalue weighted by Crippen LogP contribution is 2.14. The number of aryl methyl sites for hydroxylation is 2. The Morgan fingerprint density at radius 2 is 2.05 bits per heavy atom. The number of aromatic nitrogens is 1. The van der Waals surface area contributed by atoms with E-state index in [1.165, 1.54) is 5.56 Å². The second kappa shape index (κ2) is 5.69. The highest BCUT2D eigenvalue weighted by Gasteiger charge is 2.15. The highest BCUT2D eigenvalue weighted by molar-refractivity contribution is 5.91. The van der Waals surface area contributed by atoms with Crippen LogP contribution in [0.3, 0.4) is 0 Å². The fourth-order valence-electron chi connectivity index (χ4n) is 1.86. The van der Waals surface area contributed by atoms with Crippen LogP contribution in [0.25, 0.3) is 0 Å². The Labute approximate surface area is 112 Å². The van der Waals surface area contributed by atoms with Crippen LogP contribution in [0.2, 0.25) is 0 Å². The fourth-order valence-corrected chi connectivity index (χ4v) is 1.86. The molecule has 2 aromatic rings. The third-order valence-corrected chi connectivity index (χ3v) is 3.09. The van der Waals surface area contributed by atoms with Crippen LogP contribution in [0.4, 0.5) is 0 Å². The van der Waals surface area contributed by atoms with Gasteiger partial charge in [0.2, 0.25) is 5.76 Å². The van der Waals surface area contributed by atoms with Gasteiger partial charge < -0.3 is 9.84 Å². The van der Waals surface area contributed by atoms with Crippen molar-refractivity contribution < 1.29 is 9.32 Å². The Morgan fingerprint density at radius 3 is 2.58 bits per heavy atom. The molecule has 0 bridgehead atoms. The molecule has 0 aliphatic heterocycles. The zero-order chi connectivity index (χ0) is 13.8. The van der Waals surface area contributed by atoms with Gasteiger partial charge in [0.25, 0.3) is 5.91 Å². The minimum Gasteiger partial charge on any atom is -0.351 e. The number of carbonyl (C=O) groups excluding carboxylic acids is 1. The number of nitrogens with one attached hydrogen (secondary N) is 1. The average molecular weight is 258 g/mol. The molecule has 1 heterocycles. The Kier molecular flexibility index (Phi) is 4.00. The minimum absolute atomic E-state index is 0.0659. The van der Waals surface area contributed by atoms with Crippen molar-refractivity contribution in [3.05, 3.63) is 52.9 Å². The number of amides is 1. The molecule has 19 heavy (non-hydrogen) atoms. The van der Waals surface area contributed by atoms with E-state index < -0.39 is 0 Å². The van der Waals surface area contributed by atoms with Gasteiger partial charge in [0.15, 0.2) is 0 Å². The summed E-state index contributed by atoms with van der Waals surface area (Å²) in [7, 11) is 0. The van der Waals surface area contributed by atoms with E-state index in [4.69, 9.17) is 4.52 Å². The average Bonchev–Trinajstić information content (AvgIpc) is 2.85. The number of carbonyl (C=O) groups is 1. The second-order valence-corrected chi connectivity index (χ2v) is 4.62. The smallest absolute Gasteiger partial charge is 0.290 e. The topological polar surface area (TPSA) is 55.1 Å². The third kappa shape index (κ3) is 3.22. The van der Waals surface area contributed by atoms with Crippen LogP contribution in [-0.2, 0) is 6.42 Å². The number of hydrogen-bond acceptors (Lipinski definition) is 3. The summed E-state index contributed by atoms with van der Waals surface area (Å²) in [6.45, 7) is 5.85. The quantitative estimate of drug-likeness (QED) is 0.917. The molecular weight excluding hydrogens is 240 g/mol. The van der Waals surface area contributed by atoms with Crippen LogP contribution < -0.4 is 5.32 Å². The van der Waals surface area contributed by atoms with E-state index >= 15 is 0 Å². The molecule has 0 saturated carbocycles. The molecule has 1 atom stereocenters. The lowest BCUT2D eigenvalue weighted by Gasteiger charge is -2.13. The molecular formula is C15H18N2O2. The van der Waals surface area contributed by atoms with Crippen molar-refractivity contribution in [2.45, 2.75) is 33.2 Å². The van der Waals surface area contributed by atoms with E-state index in [1.807, 2.05) is 19.1 Å². The number of rotatable bonds is 4. The molecule has 0 aliphatic carbocycles. The molecule has 4 nitrogen and oxygen atoms in total. The zero-order valence-corrected chi connectivity index (χ0v) is 11.4. The molecule has 0 fully saturated rings. The van der Waals surface area contributed by atoms with Gasteiger partial charge in [-0.15, -0.1) is 0 Å². The summed E-state index contributed by atoms with van der Waals surface area (Å²) in [6.07, 6.45) is 1.01. The first-order chi connectivity index (χ1) is 9.10. The number of hydrogen-bond donors (Lipinski definition) is 1. The summed E-state index contributed by atoms with van der Waals surface area (Å²) in [4.78, 5) is 11.9. The van der Waals surface area contributed by atoms with Gasteiger partial charge in [-0.05, 0) is 31.4 Å². The Balaban J connectivity index is 2.03. The number of nitrogens with zero attached hydrogens (tertiary/aromatic N) is 1. The Morgan fingerprint density at radius 1 is 1.37 bits per heavy atom. The molecule has 4 heteroatoms. The maximum absolute atomic E-state index is 11.9. The van der Waals surface area contributed by atoms with Crippen LogP contribution in [-0.4, -0.2) is 11.1 Å². The van der Waals surface area contributed by atoms with Crippen LogP contribution in [0.15, 0.2) is 34.9 Å². The van der Waals surface area contributed by atoms with Crippen molar-refractivity contribution in [2.24, 2.45) is 0 Å². The van der Waals surface area contributed by atoms with Gasteiger partial charge in [-0.3, -0.25) is 4.79 Å². The van der Waals surface area contributed by atoms with Gasteiger partial charge in [0, 0.05) is 6.07 Å². The minimum atomic E-state index is -0.243. The maximum atomic E-state index is 11.9. The fraction of sp³-hybridized carbons (Fsp3) is 0.333. The summed E-state index contributed by atoms with van der Waals surface area (Å²) < 4.78 is 4.94. The molecule has 1 aromatic carbocycles. The lowest BCUT2D eigenvalue weighted by Crippen LogP contribution is -2.26. The summed E-state index contributed by atoms with van der Waals surface area (Å²) in [6, 6.07) is 9.80. The molecule has 1 aromatic heterocycles. The van der Waals surface area contributed by atoms with Crippen molar-refractivity contribution in [3.8, 4) is 0 Å². The van der Waals surface area contributed by atoms with Crippen LogP contribution in [0.5, 0.6) is 0 Å². The predicted molar refractivity (Wildman–Crippen MR) is 72.9 cm³/mol. The Bertz CT molecular complexity index is 558. The molecule has 0 radical (unpaired) electrons. The molecule has 1 N–H and O–H groups in total. The summed E-state index contributed by atoms with van der Waals surface area (Å²) in [5.41, 5.74) is 3.06. The summed E-state index contributed by atoms with van der Waals surface area (Å²) in [5.74, 6) is 0.00203. The van der Waals surface area contributed by atoms with Crippen molar-refractivity contribution in [2.75, 3.05) is 0 Å². The van der Waals surface area contributed by atoms with E-state index in [9.17, 15) is 4.79 Å². The Hall–Kier alpha value is -2.10. The second-order valence-electron chi connectivity index (χ2n) is 4.62. The summed E-state index contributed by atoms with van der Waals surface area (Å²) >= 11 is 0. The van der Waals surface area contributed by atoms with E-state index in [-0.39, 0.29) is 17.7 Å². The van der Waals surface area contributed by atoms with Gasteiger partial charge >= 0.3 is 0 Å². The molecule has 2 rings (SSSR count). The number of benzene rings is 1. The van der Waals surface area contributed by atoms with Crippen molar-refractivity contribution in [1.29, 1.82) is 0 Å². The van der Waals surface area contributed by atoms with Crippen molar-refractivity contribution in [3.63, 3.8) is 0 Å². The van der Waals surface area contributed by atoms with Gasteiger partial charge in [-0.25, -0.2) is 0 Å². The van der Waals surface area contributed by atoms with E-state index in [0.29, 0.717) is 5.69 Å². The molecule has 1 amide bonds. The van der Waals surface area contributed by atoms with E-state index in [2.05, 4.69) is 29.5 Å². The van der Waals surface area contributed by atoms with Gasteiger partial charge in [0.1, 0.15) is 0 Å². The third-order valence-electron chi connectivity index (χ3n) is 3.09. The van der Waals surface area contributed by atoms with E-state index in [0.717, 1.165) is 12.0 Å². The molecule has 0 spiro atoms. The largest absolute Gasteiger partial charge is 0.351 e. The predicted octanol–water partition coefficient (Wildman–Crippen LogP) is 3.04. The van der Waals surface area contributed by atoms with Crippen molar-refractivity contribution in [1.82, 2.24) is 10.5 Å². The molecule has 1 unspecified atom stereocenters. The normalized spacial score (nSPS) is 12.2. The molecule has 100 valence electrons. The lowest BCUT2D eigenvalue weighted by molar-refractivity contribution is 0.0902. The van der Waals surface area contributed by atoms with Gasteiger partial charge in [0.05, 0.1) is 11.7 Å².